The number of hydrogen-bond acceptors (Lipinski definition) is 5. The van der Waals surface area contributed by atoms with E-state index in [2.05, 4.69) is 18.8 Å². The number of benzene rings is 2. The van der Waals surface area contributed by atoms with Gasteiger partial charge in [-0.2, -0.15) is 0 Å². The predicted molar refractivity (Wildman–Crippen MR) is 116 cm³/mol. The van der Waals surface area contributed by atoms with E-state index in [1.54, 1.807) is 41.8 Å². The largest absolute Gasteiger partial charge is 0.456 e. The van der Waals surface area contributed by atoms with Crippen LogP contribution in [-0.4, -0.2) is 16.9 Å². The number of rotatable bonds is 6. The quantitative estimate of drug-likeness (QED) is 0.454. The Morgan fingerprint density at radius 2 is 1.90 bits per heavy atom. The maximum atomic E-state index is 12.3. The fourth-order valence-electron chi connectivity index (χ4n) is 2.73. The van der Waals surface area contributed by atoms with Crippen LogP contribution in [0.25, 0.3) is 0 Å². The summed E-state index contributed by atoms with van der Waals surface area (Å²) >= 11 is 7.34. The first-order chi connectivity index (χ1) is 13.8. The summed E-state index contributed by atoms with van der Waals surface area (Å²) < 4.78 is 5.37. The smallest absolute Gasteiger partial charge is 0.338 e. The molecule has 0 unspecified atom stereocenters. The van der Waals surface area contributed by atoms with Crippen LogP contribution in [0.3, 0.4) is 0 Å². The lowest BCUT2D eigenvalue weighted by molar-refractivity contribution is -0.115. The Bertz CT molecular complexity index is 1010. The fourth-order valence-corrected chi connectivity index (χ4v) is 3.79. The van der Waals surface area contributed by atoms with Gasteiger partial charge < -0.3 is 4.74 Å². The van der Waals surface area contributed by atoms with E-state index in [0.717, 1.165) is 5.56 Å². The third-order valence-corrected chi connectivity index (χ3v) is 5.39. The molecule has 2 aromatic carbocycles. The van der Waals surface area contributed by atoms with Gasteiger partial charge >= 0.3 is 5.97 Å². The van der Waals surface area contributed by atoms with E-state index >= 15 is 0 Å². The fraction of sp³-hybridized carbons (Fsp3) is 0.227. The van der Waals surface area contributed by atoms with Crippen molar-refractivity contribution in [2.24, 2.45) is 0 Å². The second-order valence-electron chi connectivity index (χ2n) is 6.81. The van der Waals surface area contributed by atoms with Crippen LogP contribution >= 0.6 is 22.9 Å². The molecule has 0 saturated heterocycles. The van der Waals surface area contributed by atoms with E-state index in [0.29, 0.717) is 33.0 Å². The number of aromatic nitrogens is 1. The third kappa shape index (κ3) is 5.22. The molecule has 7 heteroatoms. The lowest BCUT2D eigenvalue weighted by atomic mass is 10.0. The third-order valence-electron chi connectivity index (χ3n) is 4.28. The van der Waals surface area contributed by atoms with Crippen molar-refractivity contribution in [3.63, 3.8) is 0 Å². The predicted octanol–water partition coefficient (Wildman–Crippen LogP) is 5.96. The van der Waals surface area contributed by atoms with Gasteiger partial charge in [0, 0.05) is 17.3 Å². The van der Waals surface area contributed by atoms with Crippen LogP contribution in [-0.2, 0) is 16.1 Å². The summed E-state index contributed by atoms with van der Waals surface area (Å²) in [6.45, 7) is 5.69. The molecule has 1 amide bonds. The molecular formula is C22H21ClN2O3S. The highest BCUT2D eigenvalue weighted by atomic mass is 35.5. The second-order valence-corrected chi connectivity index (χ2v) is 8.08. The molecule has 0 N–H and O–H groups in total. The Morgan fingerprint density at radius 1 is 1.17 bits per heavy atom. The molecule has 0 atom stereocenters. The van der Waals surface area contributed by atoms with Gasteiger partial charge in [0.1, 0.15) is 6.61 Å². The minimum atomic E-state index is -0.409. The number of hydrogen-bond donors (Lipinski definition) is 0. The lowest BCUT2D eigenvalue weighted by Gasteiger charge is -2.18. The van der Waals surface area contributed by atoms with Crippen molar-refractivity contribution in [2.75, 3.05) is 4.90 Å². The van der Waals surface area contributed by atoms with Gasteiger partial charge in [0.05, 0.1) is 16.9 Å². The Kier molecular flexibility index (Phi) is 6.67. The molecule has 0 aliphatic carbocycles. The van der Waals surface area contributed by atoms with E-state index < -0.39 is 5.97 Å². The summed E-state index contributed by atoms with van der Waals surface area (Å²) in [7, 11) is 0. The standard InChI is InChI=1S/C22H21ClN2O3S/c1-14(2)16-7-9-17(10-8-16)21(27)28-12-19-13-29-22(24-19)25(15(3)26)20-6-4-5-18(23)11-20/h4-11,13-14H,12H2,1-3H3. The van der Waals surface area contributed by atoms with Gasteiger partial charge in [0.2, 0.25) is 5.91 Å². The van der Waals surface area contributed by atoms with E-state index in [9.17, 15) is 9.59 Å². The summed E-state index contributed by atoms with van der Waals surface area (Å²) in [6, 6.07) is 14.4. The number of carbonyl (C=O) groups is 2. The number of halogens is 1. The second kappa shape index (κ2) is 9.20. The van der Waals surface area contributed by atoms with Crippen LogP contribution in [0.2, 0.25) is 5.02 Å². The highest BCUT2D eigenvalue weighted by molar-refractivity contribution is 7.14. The number of thiazole rings is 1. The summed E-state index contributed by atoms with van der Waals surface area (Å²) in [6.07, 6.45) is 0. The Hall–Kier alpha value is -2.70. The van der Waals surface area contributed by atoms with Crippen LogP contribution in [0.1, 0.15) is 48.3 Å². The van der Waals surface area contributed by atoms with Crippen LogP contribution < -0.4 is 4.90 Å². The van der Waals surface area contributed by atoms with Gasteiger partial charge in [-0.1, -0.05) is 43.6 Å². The summed E-state index contributed by atoms with van der Waals surface area (Å²) in [5.41, 5.74) is 2.86. The zero-order valence-corrected chi connectivity index (χ0v) is 18.0. The highest BCUT2D eigenvalue weighted by Crippen LogP contribution is 2.30. The number of nitrogens with zero attached hydrogens (tertiary/aromatic N) is 2. The molecule has 0 aliphatic heterocycles. The SMILES string of the molecule is CC(=O)N(c1cccc(Cl)c1)c1nc(COC(=O)c2ccc(C(C)C)cc2)cs1. The van der Waals surface area contributed by atoms with Gasteiger partial charge in [0.25, 0.3) is 0 Å². The van der Waals surface area contributed by atoms with Crippen molar-refractivity contribution in [2.45, 2.75) is 33.3 Å². The van der Waals surface area contributed by atoms with E-state index in [1.807, 2.05) is 12.1 Å². The zero-order chi connectivity index (χ0) is 21.0. The monoisotopic (exact) mass is 428 g/mol. The molecule has 0 aliphatic rings. The van der Waals surface area contributed by atoms with Crippen LogP contribution in [0.4, 0.5) is 10.8 Å². The van der Waals surface area contributed by atoms with Crippen molar-refractivity contribution in [3.8, 4) is 0 Å². The number of amides is 1. The van der Waals surface area contributed by atoms with Crippen LogP contribution in [0.5, 0.6) is 0 Å². The maximum Gasteiger partial charge on any atom is 0.338 e. The van der Waals surface area contributed by atoms with E-state index in [1.165, 1.54) is 23.2 Å². The Morgan fingerprint density at radius 3 is 2.52 bits per heavy atom. The summed E-state index contributed by atoms with van der Waals surface area (Å²) in [5.74, 6) is -0.194. The lowest BCUT2D eigenvalue weighted by Crippen LogP contribution is -2.22. The van der Waals surface area contributed by atoms with Gasteiger partial charge in [-0.15, -0.1) is 11.3 Å². The molecule has 5 nitrogen and oxygen atoms in total. The minimum absolute atomic E-state index is 0.0303. The summed E-state index contributed by atoms with van der Waals surface area (Å²) in [4.78, 5) is 30.4. The Labute approximate surface area is 178 Å². The molecule has 29 heavy (non-hydrogen) atoms. The summed E-state index contributed by atoms with van der Waals surface area (Å²) in [5, 5.41) is 2.79. The first-order valence-electron chi connectivity index (χ1n) is 9.13. The van der Waals surface area contributed by atoms with Crippen LogP contribution in [0, 0.1) is 0 Å². The maximum absolute atomic E-state index is 12.3. The van der Waals surface area contributed by atoms with Crippen LogP contribution in [0.15, 0.2) is 53.9 Å². The van der Waals surface area contributed by atoms with E-state index in [4.69, 9.17) is 16.3 Å². The molecule has 150 valence electrons. The van der Waals surface area contributed by atoms with Gasteiger partial charge in [-0.05, 0) is 41.8 Å². The van der Waals surface area contributed by atoms with Gasteiger partial charge in [0.15, 0.2) is 5.13 Å². The van der Waals surface area contributed by atoms with Crippen molar-refractivity contribution in [3.05, 3.63) is 75.8 Å². The average molecular weight is 429 g/mol. The molecule has 3 aromatic rings. The highest BCUT2D eigenvalue weighted by Gasteiger charge is 2.19. The zero-order valence-electron chi connectivity index (χ0n) is 16.4. The van der Waals surface area contributed by atoms with Gasteiger partial charge in [-0.3, -0.25) is 9.69 Å². The minimum Gasteiger partial charge on any atom is -0.456 e. The van der Waals surface area contributed by atoms with Crippen molar-refractivity contribution in [1.29, 1.82) is 0 Å². The topological polar surface area (TPSA) is 59.5 Å². The molecule has 0 radical (unpaired) electrons. The Balaban J connectivity index is 1.69. The van der Waals surface area contributed by atoms with Crippen molar-refractivity contribution in [1.82, 2.24) is 4.98 Å². The van der Waals surface area contributed by atoms with Crippen molar-refractivity contribution < 1.29 is 14.3 Å². The number of anilines is 2. The van der Waals surface area contributed by atoms with Crippen molar-refractivity contribution >= 4 is 45.6 Å². The molecule has 0 bridgehead atoms. The molecule has 0 saturated carbocycles. The molecule has 1 heterocycles. The normalized spacial score (nSPS) is 10.8. The number of ether oxygens (including phenoxy) is 1. The molecule has 0 fully saturated rings. The number of carbonyl (C=O) groups excluding carboxylic acids is 2. The first kappa shape index (κ1) is 21.0. The van der Waals surface area contributed by atoms with E-state index in [-0.39, 0.29) is 12.5 Å². The molecule has 3 rings (SSSR count). The average Bonchev–Trinajstić information content (AvgIpc) is 3.14. The first-order valence-corrected chi connectivity index (χ1v) is 10.4. The molecule has 1 aromatic heterocycles. The molecule has 0 spiro atoms. The van der Waals surface area contributed by atoms with Gasteiger partial charge in [-0.25, -0.2) is 9.78 Å². The molecular weight excluding hydrogens is 408 g/mol. The number of esters is 1.